The van der Waals surface area contributed by atoms with Gasteiger partial charge in [-0.05, 0) is 56.9 Å². The Morgan fingerprint density at radius 1 is 1.20 bits per heavy atom. The number of aliphatic hydroxyl groups is 1. The molecule has 5 nitrogen and oxygen atoms in total. The fraction of sp³-hybridized carbons (Fsp3) is 0.950. The topological polar surface area (TPSA) is 59.9 Å². The molecule has 1 heterocycles. The SMILES string of the molecule is CCNC(=NCC1(CCO)CCCCC1)NCCN1CCCC(C)C1. The first-order valence-electron chi connectivity index (χ1n) is 10.5. The van der Waals surface area contributed by atoms with E-state index < -0.39 is 0 Å². The standard InChI is InChI=1S/C20H40N4O/c1-3-21-19(22-12-14-24-13-7-8-18(2)16-24)23-17-20(11-15-25)9-5-4-6-10-20/h18,25H,3-17H2,1-2H3,(H2,21,22,23). The molecule has 0 bridgehead atoms. The molecule has 2 fully saturated rings. The molecule has 3 N–H and O–H groups in total. The predicted octanol–water partition coefficient (Wildman–Crippen LogP) is 2.61. The number of likely N-dealkylation sites (tertiary alicyclic amines) is 1. The van der Waals surface area contributed by atoms with E-state index in [1.54, 1.807) is 0 Å². The van der Waals surface area contributed by atoms with Gasteiger partial charge in [0, 0.05) is 39.3 Å². The molecular weight excluding hydrogens is 312 g/mol. The zero-order valence-electron chi connectivity index (χ0n) is 16.5. The maximum atomic E-state index is 9.47. The van der Waals surface area contributed by atoms with Crippen LogP contribution in [0.5, 0.6) is 0 Å². The summed E-state index contributed by atoms with van der Waals surface area (Å²) >= 11 is 0. The highest BCUT2D eigenvalue weighted by Crippen LogP contribution is 2.39. The lowest BCUT2D eigenvalue weighted by molar-refractivity contribution is 0.137. The van der Waals surface area contributed by atoms with Crippen LogP contribution in [0.3, 0.4) is 0 Å². The molecule has 2 aliphatic rings. The van der Waals surface area contributed by atoms with Gasteiger partial charge in [-0.15, -0.1) is 0 Å². The predicted molar refractivity (Wildman–Crippen MR) is 106 cm³/mol. The molecule has 1 atom stereocenters. The van der Waals surface area contributed by atoms with Crippen LogP contribution in [0.25, 0.3) is 0 Å². The summed E-state index contributed by atoms with van der Waals surface area (Å²) in [5.74, 6) is 1.77. The van der Waals surface area contributed by atoms with Crippen molar-refractivity contribution >= 4 is 5.96 Å². The van der Waals surface area contributed by atoms with E-state index in [1.165, 1.54) is 58.0 Å². The molecule has 5 heteroatoms. The summed E-state index contributed by atoms with van der Waals surface area (Å²) in [7, 11) is 0. The highest BCUT2D eigenvalue weighted by atomic mass is 16.3. The van der Waals surface area contributed by atoms with Gasteiger partial charge in [0.05, 0.1) is 0 Å². The number of rotatable bonds is 8. The van der Waals surface area contributed by atoms with E-state index in [2.05, 4.69) is 29.4 Å². The maximum absolute atomic E-state index is 9.47. The average molecular weight is 353 g/mol. The second kappa shape index (κ2) is 11.0. The summed E-state index contributed by atoms with van der Waals surface area (Å²) in [5.41, 5.74) is 0.220. The summed E-state index contributed by atoms with van der Waals surface area (Å²) in [6, 6.07) is 0. The van der Waals surface area contributed by atoms with Crippen LogP contribution in [0.1, 0.15) is 65.2 Å². The van der Waals surface area contributed by atoms with Gasteiger partial charge in [0.1, 0.15) is 0 Å². The average Bonchev–Trinajstić information content (AvgIpc) is 2.61. The molecule has 1 aliphatic heterocycles. The Morgan fingerprint density at radius 3 is 2.68 bits per heavy atom. The third kappa shape index (κ3) is 7.14. The first-order valence-corrected chi connectivity index (χ1v) is 10.5. The Bertz CT molecular complexity index is 388. The van der Waals surface area contributed by atoms with Crippen molar-refractivity contribution in [2.24, 2.45) is 16.3 Å². The molecular formula is C20H40N4O. The van der Waals surface area contributed by atoms with Crippen LogP contribution in [-0.2, 0) is 0 Å². The van der Waals surface area contributed by atoms with Crippen molar-refractivity contribution in [1.82, 2.24) is 15.5 Å². The molecule has 0 aromatic carbocycles. The number of piperidine rings is 1. The number of aliphatic imine (C=N–C) groups is 1. The van der Waals surface area contributed by atoms with Gasteiger partial charge in [-0.1, -0.05) is 26.2 Å². The number of aliphatic hydroxyl groups excluding tert-OH is 1. The summed E-state index contributed by atoms with van der Waals surface area (Å²) in [5, 5.41) is 16.4. The van der Waals surface area contributed by atoms with Crippen LogP contribution in [0.4, 0.5) is 0 Å². The third-order valence-corrected chi connectivity index (χ3v) is 5.93. The number of nitrogens with one attached hydrogen (secondary N) is 2. The second-order valence-electron chi connectivity index (χ2n) is 8.20. The molecule has 0 amide bonds. The Kier molecular flexibility index (Phi) is 9.04. The fourth-order valence-electron chi connectivity index (χ4n) is 4.44. The fourth-order valence-corrected chi connectivity index (χ4v) is 4.44. The van der Waals surface area contributed by atoms with Gasteiger partial charge >= 0.3 is 0 Å². The number of nitrogens with zero attached hydrogens (tertiary/aromatic N) is 2. The lowest BCUT2D eigenvalue weighted by Gasteiger charge is -2.36. The van der Waals surface area contributed by atoms with E-state index in [4.69, 9.17) is 4.99 Å². The largest absolute Gasteiger partial charge is 0.396 e. The normalized spacial score (nSPS) is 24.9. The quantitative estimate of drug-likeness (QED) is 0.464. The van der Waals surface area contributed by atoms with Crippen molar-refractivity contribution in [1.29, 1.82) is 0 Å². The van der Waals surface area contributed by atoms with Gasteiger partial charge in [-0.3, -0.25) is 4.99 Å². The zero-order valence-corrected chi connectivity index (χ0v) is 16.5. The van der Waals surface area contributed by atoms with Crippen molar-refractivity contribution in [3.63, 3.8) is 0 Å². The van der Waals surface area contributed by atoms with Gasteiger partial charge in [0.2, 0.25) is 0 Å². The summed E-state index contributed by atoms with van der Waals surface area (Å²) in [6.07, 6.45) is 9.93. The minimum absolute atomic E-state index is 0.220. The molecule has 0 radical (unpaired) electrons. The van der Waals surface area contributed by atoms with Gasteiger partial charge in [-0.2, -0.15) is 0 Å². The smallest absolute Gasteiger partial charge is 0.191 e. The van der Waals surface area contributed by atoms with Crippen molar-refractivity contribution in [2.45, 2.75) is 65.2 Å². The Hall–Kier alpha value is -0.810. The monoisotopic (exact) mass is 352 g/mol. The molecule has 1 saturated heterocycles. The van der Waals surface area contributed by atoms with Crippen LogP contribution < -0.4 is 10.6 Å². The van der Waals surface area contributed by atoms with Gasteiger partial charge in [-0.25, -0.2) is 0 Å². The molecule has 1 aliphatic carbocycles. The third-order valence-electron chi connectivity index (χ3n) is 5.93. The van der Waals surface area contributed by atoms with E-state index in [0.29, 0.717) is 0 Å². The van der Waals surface area contributed by atoms with E-state index in [-0.39, 0.29) is 12.0 Å². The van der Waals surface area contributed by atoms with Crippen LogP contribution in [-0.4, -0.2) is 61.8 Å². The van der Waals surface area contributed by atoms with Crippen LogP contribution >= 0.6 is 0 Å². The van der Waals surface area contributed by atoms with Crippen molar-refractivity contribution in [2.75, 3.05) is 45.9 Å². The molecule has 2 rings (SSSR count). The van der Waals surface area contributed by atoms with Crippen LogP contribution in [0.2, 0.25) is 0 Å². The minimum atomic E-state index is 0.220. The molecule has 0 aromatic rings. The highest BCUT2D eigenvalue weighted by Gasteiger charge is 2.31. The molecule has 0 spiro atoms. The van der Waals surface area contributed by atoms with Crippen LogP contribution in [0.15, 0.2) is 4.99 Å². The number of hydrogen-bond donors (Lipinski definition) is 3. The molecule has 25 heavy (non-hydrogen) atoms. The Balaban J connectivity index is 1.82. The highest BCUT2D eigenvalue weighted by molar-refractivity contribution is 5.79. The van der Waals surface area contributed by atoms with E-state index >= 15 is 0 Å². The number of guanidine groups is 1. The lowest BCUT2D eigenvalue weighted by Crippen LogP contribution is -2.44. The van der Waals surface area contributed by atoms with E-state index in [9.17, 15) is 5.11 Å². The van der Waals surface area contributed by atoms with E-state index in [1.807, 2.05) is 0 Å². The minimum Gasteiger partial charge on any atom is -0.396 e. The first-order chi connectivity index (χ1) is 12.2. The van der Waals surface area contributed by atoms with Gasteiger partial charge < -0.3 is 20.6 Å². The molecule has 1 unspecified atom stereocenters. The second-order valence-corrected chi connectivity index (χ2v) is 8.20. The van der Waals surface area contributed by atoms with Crippen molar-refractivity contribution < 1.29 is 5.11 Å². The zero-order chi connectivity index (χ0) is 18.0. The van der Waals surface area contributed by atoms with Gasteiger partial charge in [0.25, 0.3) is 0 Å². The first kappa shape index (κ1) is 20.5. The summed E-state index contributed by atoms with van der Waals surface area (Å²) in [4.78, 5) is 7.46. The number of hydrogen-bond acceptors (Lipinski definition) is 3. The van der Waals surface area contributed by atoms with Crippen molar-refractivity contribution in [3.05, 3.63) is 0 Å². The molecule has 1 saturated carbocycles. The van der Waals surface area contributed by atoms with Crippen molar-refractivity contribution in [3.8, 4) is 0 Å². The van der Waals surface area contributed by atoms with Gasteiger partial charge in [0.15, 0.2) is 5.96 Å². The molecule has 0 aromatic heterocycles. The Labute approximate surface area is 154 Å². The van der Waals surface area contributed by atoms with E-state index in [0.717, 1.165) is 44.5 Å². The molecule has 146 valence electrons. The Morgan fingerprint density at radius 2 is 2.00 bits per heavy atom. The van der Waals surface area contributed by atoms with Crippen LogP contribution in [0, 0.1) is 11.3 Å². The lowest BCUT2D eigenvalue weighted by atomic mass is 9.72. The summed E-state index contributed by atoms with van der Waals surface area (Å²) in [6.45, 7) is 11.0. The maximum Gasteiger partial charge on any atom is 0.191 e. The summed E-state index contributed by atoms with van der Waals surface area (Å²) < 4.78 is 0.